The van der Waals surface area contributed by atoms with Crippen molar-refractivity contribution >= 4 is 23.4 Å². The smallest absolute Gasteiger partial charge is 0.408 e. The zero-order valence-electron chi connectivity index (χ0n) is 19.2. The second-order valence-corrected chi connectivity index (χ2v) is 7.93. The second kappa shape index (κ2) is 12.0. The van der Waals surface area contributed by atoms with Crippen LogP contribution in [0.2, 0.25) is 0 Å². The summed E-state index contributed by atoms with van der Waals surface area (Å²) in [7, 11) is 0. The van der Waals surface area contributed by atoms with Crippen molar-refractivity contribution in [1.29, 1.82) is 0 Å². The minimum absolute atomic E-state index is 0.118. The Morgan fingerprint density at radius 3 is 1.63 bits per heavy atom. The van der Waals surface area contributed by atoms with Crippen LogP contribution in [0.25, 0.3) is 0 Å². The molecule has 176 valence electrons. The lowest BCUT2D eigenvalue weighted by atomic mass is 10.1. The monoisotopic (exact) mass is 465 g/mol. The van der Waals surface area contributed by atoms with Crippen molar-refractivity contribution in [2.45, 2.75) is 19.1 Å². The van der Waals surface area contributed by atoms with Gasteiger partial charge in [0.25, 0.3) is 5.91 Å². The van der Waals surface area contributed by atoms with E-state index in [-0.39, 0.29) is 12.5 Å². The van der Waals surface area contributed by atoms with Crippen LogP contribution < -0.4 is 15.8 Å². The number of carbonyl (C=O) groups is 2. The number of hydrazine groups is 1. The molecule has 0 bridgehead atoms. The van der Waals surface area contributed by atoms with Gasteiger partial charge in [0.15, 0.2) is 0 Å². The van der Waals surface area contributed by atoms with Crippen LogP contribution in [0.1, 0.15) is 11.1 Å². The second-order valence-electron chi connectivity index (χ2n) is 7.93. The Balaban J connectivity index is 1.51. The molecule has 0 aliphatic rings. The van der Waals surface area contributed by atoms with Gasteiger partial charge in [-0.2, -0.15) is 0 Å². The summed E-state index contributed by atoms with van der Waals surface area (Å²) < 4.78 is 5.38. The van der Waals surface area contributed by atoms with E-state index in [9.17, 15) is 9.59 Å². The van der Waals surface area contributed by atoms with Gasteiger partial charge in [-0.1, -0.05) is 97.1 Å². The van der Waals surface area contributed by atoms with Crippen LogP contribution in [-0.2, 0) is 22.6 Å². The van der Waals surface area contributed by atoms with Crippen molar-refractivity contribution in [2.75, 3.05) is 5.01 Å². The predicted molar refractivity (Wildman–Crippen MR) is 137 cm³/mol. The number of amides is 2. The van der Waals surface area contributed by atoms with E-state index in [1.165, 1.54) is 0 Å². The predicted octanol–water partition coefficient (Wildman–Crippen LogP) is 5.39. The third kappa shape index (κ3) is 6.95. The van der Waals surface area contributed by atoms with Crippen molar-refractivity contribution in [3.8, 4) is 0 Å². The van der Waals surface area contributed by atoms with Crippen LogP contribution in [0, 0.1) is 0 Å². The molecule has 0 saturated heterocycles. The summed E-state index contributed by atoms with van der Waals surface area (Å²) in [6, 6.07) is 37.2. The maximum Gasteiger partial charge on any atom is 0.408 e. The van der Waals surface area contributed by atoms with Crippen LogP contribution in [0.5, 0.6) is 0 Å². The van der Waals surface area contributed by atoms with E-state index < -0.39 is 12.1 Å². The summed E-state index contributed by atoms with van der Waals surface area (Å²) in [6.07, 6.45) is -0.347. The first-order chi connectivity index (χ1) is 17.2. The summed E-state index contributed by atoms with van der Waals surface area (Å²) in [4.78, 5) is 26.1. The molecule has 0 fully saturated rings. The van der Waals surface area contributed by atoms with Gasteiger partial charge in [0.1, 0.15) is 12.6 Å². The third-order valence-corrected chi connectivity index (χ3v) is 5.35. The van der Waals surface area contributed by atoms with Crippen molar-refractivity contribution < 1.29 is 14.3 Å². The highest BCUT2D eigenvalue weighted by Gasteiger charge is 2.24. The average Bonchev–Trinajstić information content (AvgIpc) is 2.92. The highest BCUT2D eigenvalue weighted by atomic mass is 16.5. The zero-order valence-corrected chi connectivity index (χ0v) is 19.2. The van der Waals surface area contributed by atoms with E-state index in [2.05, 4.69) is 10.7 Å². The van der Waals surface area contributed by atoms with Crippen LogP contribution >= 0.6 is 0 Å². The molecule has 1 atom stereocenters. The number of ether oxygens (including phenoxy) is 1. The lowest BCUT2D eigenvalue weighted by Crippen LogP contribution is -2.52. The van der Waals surface area contributed by atoms with Gasteiger partial charge in [-0.3, -0.25) is 15.2 Å². The molecule has 0 aliphatic carbocycles. The van der Waals surface area contributed by atoms with Crippen LogP contribution in [-0.4, -0.2) is 18.0 Å². The van der Waals surface area contributed by atoms with E-state index >= 15 is 0 Å². The Bertz CT molecular complexity index is 1160. The van der Waals surface area contributed by atoms with Gasteiger partial charge in [-0.05, 0) is 35.4 Å². The van der Waals surface area contributed by atoms with Gasteiger partial charge in [0, 0.05) is 6.42 Å². The van der Waals surface area contributed by atoms with Crippen LogP contribution in [0.3, 0.4) is 0 Å². The van der Waals surface area contributed by atoms with Crippen LogP contribution in [0.15, 0.2) is 121 Å². The lowest BCUT2D eigenvalue weighted by Gasteiger charge is -2.28. The minimum atomic E-state index is -0.851. The molecular weight excluding hydrogens is 438 g/mol. The maximum atomic E-state index is 13.5. The molecule has 0 aromatic heterocycles. The quantitative estimate of drug-likeness (QED) is 0.325. The largest absolute Gasteiger partial charge is 0.445 e. The molecule has 2 amide bonds. The van der Waals surface area contributed by atoms with E-state index in [4.69, 9.17) is 4.74 Å². The van der Waals surface area contributed by atoms with Gasteiger partial charge in [0.05, 0.1) is 11.4 Å². The summed E-state index contributed by atoms with van der Waals surface area (Å²) in [6.45, 7) is 0.118. The highest BCUT2D eigenvalue weighted by Crippen LogP contribution is 2.22. The number of benzene rings is 4. The number of hydrogen-bond donors (Lipinski definition) is 2. The molecule has 0 aliphatic heterocycles. The SMILES string of the molecule is O=C(N[C@@H](Cc1ccccc1)C(=O)NN(c1ccccc1)c1ccccc1)OCc1ccccc1. The van der Waals surface area contributed by atoms with E-state index in [1.54, 1.807) is 5.01 Å². The Hall–Kier alpha value is -4.58. The first-order valence-corrected chi connectivity index (χ1v) is 11.4. The molecule has 35 heavy (non-hydrogen) atoms. The van der Waals surface area contributed by atoms with E-state index in [0.29, 0.717) is 6.42 Å². The Morgan fingerprint density at radius 2 is 1.11 bits per heavy atom. The van der Waals surface area contributed by atoms with E-state index in [0.717, 1.165) is 22.5 Å². The fourth-order valence-corrected chi connectivity index (χ4v) is 3.59. The molecule has 4 rings (SSSR count). The molecular formula is C29H27N3O3. The summed E-state index contributed by atoms with van der Waals surface area (Å²) in [5.74, 6) is -0.363. The Kier molecular flexibility index (Phi) is 8.11. The van der Waals surface area contributed by atoms with Gasteiger partial charge in [-0.25, -0.2) is 4.79 Å². The highest BCUT2D eigenvalue weighted by molar-refractivity contribution is 5.88. The van der Waals surface area contributed by atoms with Gasteiger partial charge >= 0.3 is 6.09 Å². The normalized spacial score (nSPS) is 11.2. The van der Waals surface area contributed by atoms with Gasteiger partial charge in [0.2, 0.25) is 0 Å². The number of anilines is 2. The fraction of sp³-hybridized carbons (Fsp3) is 0.103. The number of hydrogen-bond acceptors (Lipinski definition) is 4. The Morgan fingerprint density at radius 1 is 0.657 bits per heavy atom. The third-order valence-electron chi connectivity index (χ3n) is 5.35. The van der Waals surface area contributed by atoms with Crippen molar-refractivity contribution in [3.05, 3.63) is 132 Å². The number of nitrogens with zero attached hydrogens (tertiary/aromatic N) is 1. The molecule has 0 saturated carbocycles. The molecule has 0 spiro atoms. The molecule has 0 heterocycles. The first kappa shape index (κ1) is 23.6. The van der Waals surface area contributed by atoms with Crippen molar-refractivity contribution in [2.24, 2.45) is 0 Å². The molecule has 0 radical (unpaired) electrons. The summed E-state index contributed by atoms with van der Waals surface area (Å²) >= 11 is 0. The zero-order chi connectivity index (χ0) is 24.3. The molecule has 2 N–H and O–H groups in total. The molecule has 6 nitrogen and oxygen atoms in total. The van der Waals surface area contributed by atoms with Gasteiger partial charge < -0.3 is 10.1 Å². The van der Waals surface area contributed by atoms with Crippen molar-refractivity contribution in [1.82, 2.24) is 10.7 Å². The number of rotatable bonds is 9. The maximum absolute atomic E-state index is 13.5. The fourth-order valence-electron chi connectivity index (χ4n) is 3.59. The number of carbonyl (C=O) groups excluding carboxylic acids is 2. The molecule has 4 aromatic rings. The molecule has 4 aromatic carbocycles. The average molecular weight is 466 g/mol. The Labute approximate surface area is 205 Å². The molecule has 6 heteroatoms. The summed E-state index contributed by atoms with van der Waals surface area (Å²) in [5.41, 5.74) is 6.34. The number of para-hydroxylation sites is 2. The van der Waals surface area contributed by atoms with E-state index in [1.807, 2.05) is 121 Å². The standard InChI is InChI=1S/C29H27N3O3/c33-28(31-32(25-17-9-3-10-18-25)26-19-11-4-12-20-26)27(21-23-13-5-1-6-14-23)30-29(34)35-22-24-15-7-2-8-16-24/h1-20,27H,21-22H2,(H,30,34)(H,31,33)/t27-/m0/s1. The topological polar surface area (TPSA) is 70.7 Å². The number of alkyl carbamates (subject to hydrolysis) is 1. The lowest BCUT2D eigenvalue weighted by molar-refractivity contribution is -0.123. The van der Waals surface area contributed by atoms with Crippen LogP contribution in [0.4, 0.5) is 16.2 Å². The van der Waals surface area contributed by atoms with Crippen molar-refractivity contribution in [3.63, 3.8) is 0 Å². The first-order valence-electron chi connectivity index (χ1n) is 11.4. The minimum Gasteiger partial charge on any atom is -0.445 e. The van der Waals surface area contributed by atoms with Gasteiger partial charge in [-0.15, -0.1) is 0 Å². The number of nitrogens with one attached hydrogen (secondary N) is 2. The summed E-state index contributed by atoms with van der Waals surface area (Å²) in [5, 5.41) is 4.45. The molecule has 0 unspecified atom stereocenters.